The summed E-state index contributed by atoms with van der Waals surface area (Å²) in [5, 5.41) is 3.48. The Bertz CT molecular complexity index is 1010. The highest BCUT2D eigenvalue weighted by Crippen LogP contribution is 2.23. The fourth-order valence-corrected chi connectivity index (χ4v) is 2.79. The molecule has 0 saturated carbocycles. The summed E-state index contributed by atoms with van der Waals surface area (Å²) in [6.45, 7) is 0.487. The van der Waals surface area contributed by atoms with E-state index in [0.29, 0.717) is 23.6 Å². The van der Waals surface area contributed by atoms with Crippen molar-refractivity contribution in [1.82, 2.24) is 4.90 Å². The Morgan fingerprint density at radius 1 is 1.19 bits per heavy atom. The summed E-state index contributed by atoms with van der Waals surface area (Å²) >= 11 is 0. The van der Waals surface area contributed by atoms with Gasteiger partial charge in [-0.05, 0) is 49.0 Å². The van der Waals surface area contributed by atoms with Gasteiger partial charge in [0.05, 0.1) is 13.7 Å². The van der Waals surface area contributed by atoms with Crippen LogP contribution < -0.4 is 15.7 Å². The van der Waals surface area contributed by atoms with Crippen molar-refractivity contribution in [3.05, 3.63) is 70.3 Å². The van der Waals surface area contributed by atoms with Gasteiger partial charge in [0.2, 0.25) is 5.91 Å². The van der Waals surface area contributed by atoms with Gasteiger partial charge < -0.3 is 14.5 Å². The number of anilines is 1. The number of hydrogen-bond donors (Lipinski definition) is 1. The molecule has 140 valence electrons. The molecule has 0 radical (unpaired) electrons. The van der Waals surface area contributed by atoms with Crippen LogP contribution in [0.25, 0.3) is 11.0 Å². The molecule has 1 amide bonds. The quantitative estimate of drug-likeness (QED) is 0.676. The van der Waals surface area contributed by atoms with Gasteiger partial charge in [0, 0.05) is 29.8 Å². The van der Waals surface area contributed by atoms with Gasteiger partial charge in [0.1, 0.15) is 17.1 Å². The highest BCUT2D eigenvalue weighted by molar-refractivity contribution is 5.92. The fraction of sp³-hybridized carbons (Fsp3) is 0.200. The van der Waals surface area contributed by atoms with Crippen LogP contribution in [-0.4, -0.2) is 31.5 Å². The lowest BCUT2D eigenvalue weighted by Crippen LogP contribution is -2.30. The first kappa shape index (κ1) is 18.6. The van der Waals surface area contributed by atoms with E-state index in [4.69, 9.17) is 9.15 Å². The Balaban J connectivity index is 1.71. The summed E-state index contributed by atoms with van der Waals surface area (Å²) < 4.78 is 23.3. The monoisotopic (exact) mass is 370 g/mol. The summed E-state index contributed by atoms with van der Waals surface area (Å²) in [5.74, 6) is -0.00980. The van der Waals surface area contributed by atoms with Crippen molar-refractivity contribution in [2.75, 3.05) is 26.0 Å². The minimum Gasteiger partial charge on any atom is -0.497 e. The maximum Gasteiger partial charge on any atom is 0.336 e. The molecule has 27 heavy (non-hydrogen) atoms. The zero-order valence-corrected chi connectivity index (χ0v) is 15.0. The van der Waals surface area contributed by atoms with Crippen molar-refractivity contribution in [2.45, 2.75) is 6.54 Å². The normalized spacial score (nSPS) is 11.0. The van der Waals surface area contributed by atoms with E-state index in [1.165, 1.54) is 37.4 Å². The molecular formula is C20H19FN2O4. The summed E-state index contributed by atoms with van der Waals surface area (Å²) in [7, 11) is 3.31. The number of fused-ring (bicyclic) bond motifs is 1. The first-order chi connectivity index (χ1) is 12.9. The molecule has 6 nitrogen and oxygen atoms in total. The summed E-state index contributed by atoms with van der Waals surface area (Å²) in [6.07, 6.45) is 0. The van der Waals surface area contributed by atoms with Gasteiger partial charge in [-0.25, -0.2) is 9.18 Å². The van der Waals surface area contributed by atoms with Crippen LogP contribution in [0, 0.1) is 5.82 Å². The van der Waals surface area contributed by atoms with Crippen LogP contribution in [0.5, 0.6) is 5.75 Å². The third-order valence-corrected chi connectivity index (χ3v) is 4.02. The second-order valence-electron chi connectivity index (χ2n) is 6.18. The van der Waals surface area contributed by atoms with E-state index in [9.17, 15) is 14.0 Å². The van der Waals surface area contributed by atoms with Gasteiger partial charge in [-0.2, -0.15) is 0 Å². The second-order valence-corrected chi connectivity index (χ2v) is 6.18. The molecule has 0 spiro atoms. The Labute approximate surface area is 155 Å². The van der Waals surface area contributed by atoms with Crippen LogP contribution in [0.4, 0.5) is 10.1 Å². The van der Waals surface area contributed by atoms with Crippen LogP contribution in [0.15, 0.2) is 57.7 Å². The maximum absolute atomic E-state index is 12.9. The van der Waals surface area contributed by atoms with Crippen LogP contribution in [-0.2, 0) is 11.3 Å². The molecule has 2 aromatic carbocycles. The zero-order valence-electron chi connectivity index (χ0n) is 15.0. The molecule has 1 aromatic heterocycles. The van der Waals surface area contributed by atoms with Gasteiger partial charge in [-0.1, -0.05) is 0 Å². The molecule has 0 aliphatic heterocycles. The number of nitrogens with one attached hydrogen (secondary N) is 1. The maximum atomic E-state index is 12.9. The van der Waals surface area contributed by atoms with Crippen molar-refractivity contribution in [1.29, 1.82) is 0 Å². The number of benzene rings is 2. The average Bonchev–Trinajstić information content (AvgIpc) is 2.62. The van der Waals surface area contributed by atoms with Crippen molar-refractivity contribution in [3.63, 3.8) is 0 Å². The largest absolute Gasteiger partial charge is 0.497 e. The van der Waals surface area contributed by atoms with Gasteiger partial charge in [0.15, 0.2) is 0 Å². The zero-order chi connectivity index (χ0) is 19.4. The lowest BCUT2D eigenvalue weighted by atomic mass is 10.1. The van der Waals surface area contributed by atoms with Crippen LogP contribution in [0.3, 0.4) is 0 Å². The molecule has 0 aliphatic rings. The van der Waals surface area contributed by atoms with E-state index in [2.05, 4.69) is 5.32 Å². The van der Waals surface area contributed by atoms with E-state index in [1.807, 2.05) is 6.07 Å². The molecule has 0 bridgehead atoms. The topological polar surface area (TPSA) is 71.8 Å². The van der Waals surface area contributed by atoms with Gasteiger partial charge in [0.25, 0.3) is 0 Å². The number of carbonyl (C=O) groups is 1. The first-order valence-electron chi connectivity index (χ1n) is 8.29. The number of amides is 1. The van der Waals surface area contributed by atoms with E-state index in [-0.39, 0.29) is 18.3 Å². The van der Waals surface area contributed by atoms with E-state index < -0.39 is 5.63 Å². The molecule has 0 saturated heterocycles. The Morgan fingerprint density at radius 2 is 1.93 bits per heavy atom. The second kappa shape index (κ2) is 8.01. The Kier molecular flexibility index (Phi) is 5.52. The first-order valence-corrected chi connectivity index (χ1v) is 8.29. The predicted molar refractivity (Wildman–Crippen MR) is 100 cm³/mol. The van der Waals surface area contributed by atoms with Crippen molar-refractivity contribution in [2.24, 2.45) is 0 Å². The smallest absolute Gasteiger partial charge is 0.336 e. The standard InChI is InChI=1S/C20H19FN2O4/c1-23(12-19(24)22-15-5-3-14(21)4-6-15)11-13-9-20(25)27-18-10-16(26-2)7-8-17(13)18/h3-10H,11-12H2,1-2H3,(H,22,24). The van der Waals surface area contributed by atoms with Crippen LogP contribution in [0.2, 0.25) is 0 Å². The predicted octanol–water partition coefficient (Wildman–Crippen LogP) is 3.01. The number of ether oxygens (including phenoxy) is 1. The molecule has 7 heteroatoms. The molecule has 1 N–H and O–H groups in total. The van der Waals surface area contributed by atoms with Gasteiger partial charge >= 0.3 is 5.63 Å². The van der Waals surface area contributed by atoms with E-state index in [1.54, 1.807) is 24.1 Å². The fourth-order valence-electron chi connectivity index (χ4n) is 2.79. The summed E-state index contributed by atoms with van der Waals surface area (Å²) in [5.41, 5.74) is 1.24. The lowest BCUT2D eigenvalue weighted by molar-refractivity contribution is -0.117. The van der Waals surface area contributed by atoms with Crippen molar-refractivity contribution < 1.29 is 18.3 Å². The van der Waals surface area contributed by atoms with E-state index >= 15 is 0 Å². The van der Waals surface area contributed by atoms with Crippen molar-refractivity contribution in [3.8, 4) is 5.75 Å². The summed E-state index contributed by atoms with van der Waals surface area (Å²) in [4.78, 5) is 25.8. The number of hydrogen-bond acceptors (Lipinski definition) is 5. The minimum absolute atomic E-state index is 0.106. The van der Waals surface area contributed by atoms with E-state index in [0.717, 1.165) is 10.9 Å². The van der Waals surface area contributed by atoms with Gasteiger partial charge in [-0.15, -0.1) is 0 Å². The molecule has 3 aromatic rings. The SMILES string of the molecule is COc1ccc2c(CN(C)CC(=O)Nc3ccc(F)cc3)cc(=O)oc2c1. The number of nitrogens with zero attached hydrogens (tertiary/aromatic N) is 1. The lowest BCUT2D eigenvalue weighted by Gasteiger charge is -2.17. The van der Waals surface area contributed by atoms with Crippen LogP contribution >= 0.6 is 0 Å². The van der Waals surface area contributed by atoms with Gasteiger partial charge in [-0.3, -0.25) is 9.69 Å². The molecule has 3 rings (SSSR count). The summed E-state index contributed by atoms with van der Waals surface area (Å²) in [6, 6.07) is 12.2. The molecular weight excluding hydrogens is 351 g/mol. The third-order valence-electron chi connectivity index (χ3n) is 4.02. The number of carbonyl (C=O) groups excluding carboxylic acids is 1. The molecule has 0 unspecified atom stereocenters. The number of methoxy groups -OCH3 is 1. The number of halogens is 1. The molecule has 1 heterocycles. The average molecular weight is 370 g/mol. The van der Waals surface area contributed by atoms with Crippen molar-refractivity contribution >= 4 is 22.6 Å². The Hall–Kier alpha value is -3.19. The number of likely N-dealkylation sites (N-methyl/N-ethyl adjacent to an activating group) is 1. The molecule has 0 aliphatic carbocycles. The number of rotatable bonds is 6. The third kappa shape index (κ3) is 4.71. The van der Waals surface area contributed by atoms with Crippen LogP contribution in [0.1, 0.15) is 5.56 Å². The minimum atomic E-state index is -0.463. The highest BCUT2D eigenvalue weighted by atomic mass is 19.1. The molecule has 0 atom stereocenters. The highest BCUT2D eigenvalue weighted by Gasteiger charge is 2.12. The Morgan fingerprint density at radius 3 is 2.63 bits per heavy atom. The molecule has 0 fully saturated rings.